The van der Waals surface area contributed by atoms with E-state index in [1.165, 1.54) is 11.1 Å². The number of fused-ring (bicyclic) bond motifs is 1. The Kier molecular flexibility index (Phi) is 5.27. The number of amides is 1. The second-order valence-corrected chi connectivity index (χ2v) is 6.82. The zero-order valence-corrected chi connectivity index (χ0v) is 15.1. The van der Waals surface area contributed by atoms with Crippen LogP contribution in [0.5, 0.6) is 11.5 Å². The van der Waals surface area contributed by atoms with Gasteiger partial charge in [0.05, 0.1) is 20.1 Å². The number of hydrogen-bond donors (Lipinski definition) is 0. The molecule has 0 saturated carbocycles. The minimum Gasteiger partial charge on any atom is -0.493 e. The van der Waals surface area contributed by atoms with Crippen molar-refractivity contribution in [2.45, 2.75) is 19.3 Å². The lowest BCUT2D eigenvalue weighted by molar-refractivity contribution is -0.127. The van der Waals surface area contributed by atoms with Crippen molar-refractivity contribution >= 4 is 5.91 Å². The van der Waals surface area contributed by atoms with Crippen LogP contribution in [0.25, 0.3) is 0 Å². The molecule has 25 heavy (non-hydrogen) atoms. The highest BCUT2D eigenvalue weighted by atomic mass is 16.5. The molecule has 3 rings (SSSR count). The summed E-state index contributed by atoms with van der Waals surface area (Å²) in [5, 5.41) is 0. The van der Waals surface area contributed by atoms with Gasteiger partial charge >= 0.3 is 0 Å². The lowest BCUT2D eigenvalue weighted by Crippen LogP contribution is -2.24. The van der Waals surface area contributed by atoms with Gasteiger partial charge in [0.1, 0.15) is 0 Å². The number of para-hydroxylation sites is 1. The summed E-state index contributed by atoms with van der Waals surface area (Å²) >= 11 is 0. The van der Waals surface area contributed by atoms with Crippen LogP contribution >= 0.6 is 0 Å². The molecule has 1 unspecified atom stereocenters. The fourth-order valence-electron chi connectivity index (χ4n) is 3.21. The molecular formula is C21H25NO3. The Labute approximate surface area is 149 Å². The van der Waals surface area contributed by atoms with Crippen molar-refractivity contribution in [3.05, 3.63) is 59.2 Å². The summed E-state index contributed by atoms with van der Waals surface area (Å²) in [5.74, 6) is 2.28. The number of nitrogens with zero attached hydrogens (tertiary/aromatic N) is 1. The van der Waals surface area contributed by atoms with Crippen molar-refractivity contribution in [2.75, 3.05) is 27.8 Å². The van der Waals surface area contributed by atoms with Crippen molar-refractivity contribution < 1.29 is 14.3 Å². The summed E-state index contributed by atoms with van der Waals surface area (Å²) in [7, 11) is 5.24. The normalized spacial score (nSPS) is 15.9. The first-order valence-electron chi connectivity index (χ1n) is 8.63. The summed E-state index contributed by atoms with van der Waals surface area (Å²) in [6.07, 6.45) is 2.42. The summed E-state index contributed by atoms with van der Waals surface area (Å²) in [6, 6.07) is 14.4. The average molecular weight is 339 g/mol. The number of benzene rings is 2. The fourth-order valence-corrected chi connectivity index (χ4v) is 3.21. The molecule has 1 heterocycles. The van der Waals surface area contributed by atoms with E-state index in [1.807, 2.05) is 12.1 Å². The maximum Gasteiger partial charge on any atom is 0.226 e. The number of carbonyl (C=O) groups is 1. The van der Waals surface area contributed by atoms with Gasteiger partial charge in [-0.05, 0) is 35.6 Å². The Morgan fingerprint density at radius 2 is 1.88 bits per heavy atom. The quantitative estimate of drug-likeness (QED) is 0.840. The zero-order chi connectivity index (χ0) is 17.8. The van der Waals surface area contributed by atoms with Crippen LogP contribution in [-0.4, -0.2) is 38.6 Å². The number of carbonyl (C=O) groups excluding carboxylic acids is 1. The Balaban J connectivity index is 1.62. The molecule has 2 aromatic carbocycles. The van der Waals surface area contributed by atoms with Crippen LogP contribution < -0.4 is 9.47 Å². The topological polar surface area (TPSA) is 38.8 Å². The maximum absolute atomic E-state index is 11.8. The van der Waals surface area contributed by atoms with Gasteiger partial charge in [-0.1, -0.05) is 36.4 Å². The van der Waals surface area contributed by atoms with Gasteiger partial charge in [0.25, 0.3) is 0 Å². The largest absolute Gasteiger partial charge is 0.493 e. The van der Waals surface area contributed by atoms with Crippen LogP contribution in [-0.2, 0) is 24.1 Å². The van der Waals surface area contributed by atoms with E-state index in [9.17, 15) is 4.79 Å². The Bertz CT molecular complexity index is 737. The highest BCUT2D eigenvalue weighted by Gasteiger charge is 2.22. The van der Waals surface area contributed by atoms with Crippen molar-refractivity contribution in [1.29, 1.82) is 0 Å². The van der Waals surface area contributed by atoms with E-state index >= 15 is 0 Å². The summed E-state index contributed by atoms with van der Waals surface area (Å²) in [4.78, 5) is 13.4. The van der Waals surface area contributed by atoms with Crippen molar-refractivity contribution in [3.8, 4) is 11.5 Å². The van der Waals surface area contributed by atoms with Crippen LogP contribution in [0.1, 0.15) is 16.7 Å². The number of ether oxygens (including phenoxy) is 2. The molecule has 132 valence electrons. The molecule has 0 spiro atoms. The number of rotatable bonds is 5. The molecule has 2 aromatic rings. The molecule has 0 bridgehead atoms. The van der Waals surface area contributed by atoms with Gasteiger partial charge in [0.15, 0.2) is 11.5 Å². The summed E-state index contributed by atoms with van der Waals surface area (Å²) in [5.41, 5.74) is 3.54. The van der Waals surface area contributed by atoms with Crippen molar-refractivity contribution in [2.24, 2.45) is 5.92 Å². The zero-order valence-electron chi connectivity index (χ0n) is 15.1. The standard InChI is InChI=1S/C21H25NO3/c1-22(2)20(23)13-16-9-7-15(8-10-16)11-17-12-18-5-4-6-19(24-3)21(18)25-14-17/h4-10,17H,11-14H2,1-3H3. The van der Waals surface area contributed by atoms with E-state index in [0.29, 0.717) is 18.9 Å². The second-order valence-electron chi connectivity index (χ2n) is 6.82. The number of methoxy groups -OCH3 is 1. The maximum atomic E-state index is 11.8. The van der Waals surface area contributed by atoms with E-state index in [1.54, 1.807) is 26.1 Å². The lowest BCUT2D eigenvalue weighted by atomic mass is 9.90. The third-order valence-corrected chi connectivity index (χ3v) is 4.65. The molecule has 1 amide bonds. The van der Waals surface area contributed by atoms with Gasteiger partial charge in [0.2, 0.25) is 5.91 Å². The third-order valence-electron chi connectivity index (χ3n) is 4.65. The van der Waals surface area contributed by atoms with Gasteiger partial charge in [-0.3, -0.25) is 4.79 Å². The van der Waals surface area contributed by atoms with E-state index < -0.39 is 0 Å². The minimum absolute atomic E-state index is 0.124. The van der Waals surface area contributed by atoms with E-state index in [2.05, 4.69) is 30.3 Å². The first-order chi connectivity index (χ1) is 12.1. The molecule has 0 saturated heterocycles. The fraction of sp³-hybridized carbons (Fsp3) is 0.381. The SMILES string of the molecule is COc1cccc2c1OCC(Cc1ccc(CC(=O)N(C)C)cc1)C2. The molecule has 4 nitrogen and oxygen atoms in total. The van der Waals surface area contributed by atoms with E-state index in [-0.39, 0.29) is 5.91 Å². The first-order valence-corrected chi connectivity index (χ1v) is 8.63. The summed E-state index contributed by atoms with van der Waals surface area (Å²) in [6.45, 7) is 0.703. The van der Waals surface area contributed by atoms with Gasteiger partial charge in [-0.2, -0.15) is 0 Å². The van der Waals surface area contributed by atoms with Gasteiger partial charge < -0.3 is 14.4 Å². The Morgan fingerprint density at radius 3 is 2.56 bits per heavy atom. The van der Waals surface area contributed by atoms with E-state index in [0.717, 1.165) is 29.9 Å². The van der Waals surface area contributed by atoms with Gasteiger partial charge in [-0.25, -0.2) is 0 Å². The first kappa shape index (κ1) is 17.3. The third kappa shape index (κ3) is 4.13. The molecule has 1 atom stereocenters. The molecule has 0 aliphatic carbocycles. The molecule has 4 heteroatoms. The van der Waals surface area contributed by atoms with Crippen LogP contribution in [0.2, 0.25) is 0 Å². The average Bonchev–Trinajstić information content (AvgIpc) is 2.62. The number of hydrogen-bond acceptors (Lipinski definition) is 3. The van der Waals surface area contributed by atoms with Crippen molar-refractivity contribution in [3.63, 3.8) is 0 Å². The molecule has 0 aromatic heterocycles. The molecular weight excluding hydrogens is 314 g/mol. The minimum atomic E-state index is 0.124. The van der Waals surface area contributed by atoms with Crippen LogP contribution in [0.4, 0.5) is 0 Å². The van der Waals surface area contributed by atoms with Crippen LogP contribution in [0, 0.1) is 5.92 Å². The number of likely N-dealkylation sites (N-methyl/N-ethyl adjacent to an activating group) is 1. The molecule has 0 radical (unpaired) electrons. The predicted molar refractivity (Wildman–Crippen MR) is 98.2 cm³/mol. The Morgan fingerprint density at radius 1 is 1.16 bits per heavy atom. The van der Waals surface area contributed by atoms with Crippen LogP contribution in [0.3, 0.4) is 0 Å². The van der Waals surface area contributed by atoms with Gasteiger partial charge in [0, 0.05) is 20.0 Å². The van der Waals surface area contributed by atoms with Crippen molar-refractivity contribution in [1.82, 2.24) is 4.90 Å². The second kappa shape index (κ2) is 7.60. The molecule has 1 aliphatic heterocycles. The van der Waals surface area contributed by atoms with Crippen LogP contribution in [0.15, 0.2) is 42.5 Å². The predicted octanol–water partition coefficient (Wildman–Crippen LogP) is 3.12. The van der Waals surface area contributed by atoms with Gasteiger partial charge in [-0.15, -0.1) is 0 Å². The molecule has 0 fully saturated rings. The van der Waals surface area contributed by atoms with E-state index in [4.69, 9.17) is 9.47 Å². The summed E-state index contributed by atoms with van der Waals surface area (Å²) < 4.78 is 11.3. The smallest absolute Gasteiger partial charge is 0.226 e. The molecule has 1 aliphatic rings. The highest BCUT2D eigenvalue weighted by Crippen LogP contribution is 2.36. The lowest BCUT2D eigenvalue weighted by Gasteiger charge is -2.26. The highest BCUT2D eigenvalue weighted by molar-refractivity contribution is 5.78. The monoisotopic (exact) mass is 339 g/mol. The Hall–Kier alpha value is -2.49. The molecule has 0 N–H and O–H groups in total.